The molecule has 5 nitrogen and oxygen atoms in total. The van der Waals surface area contributed by atoms with Gasteiger partial charge in [0.2, 0.25) is 10.0 Å². The van der Waals surface area contributed by atoms with Crippen LogP contribution in [0, 0.1) is 11.6 Å². The molecular weight excluding hydrogens is 386 g/mol. The third-order valence-electron chi connectivity index (χ3n) is 3.76. The van der Waals surface area contributed by atoms with Crippen LogP contribution < -0.4 is 5.32 Å². The van der Waals surface area contributed by atoms with Crippen molar-refractivity contribution in [1.29, 1.82) is 0 Å². The van der Waals surface area contributed by atoms with Gasteiger partial charge in [0.25, 0.3) is 5.91 Å². The summed E-state index contributed by atoms with van der Waals surface area (Å²) in [4.78, 5) is 12.3. The number of sulfonamides is 1. The number of rotatable bonds is 5. The van der Waals surface area contributed by atoms with Crippen molar-refractivity contribution in [1.82, 2.24) is 4.31 Å². The average Bonchev–Trinajstić information content (AvgIpc) is 2.57. The molecule has 26 heavy (non-hydrogen) atoms. The second kappa shape index (κ2) is 7.69. The molecule has 0 unspecified atom stereocenters. The van der Waals surface area contributed by atoms with Gasteiger partial charge in [0.05, 0.1) is 21.2 Å². The molecule has 2 rings (SSSR count). The first-order chi connectivity index (χ1) is 12.0. The van der Waals surface area contributed by atoms with Gasteiger partial charge < -0.3 is 5.32 Å². The van der Waals surface area contributed by atoms with Crippen LogP contribution in [0.5, 0.6) is 0 Å². The molecule has 1 N–H and O–H groups in total. The fourth-order valence-electron chi connectivity index (χ4n) is 2.07. The number of carbonyl (C=O) groups is 1. The Bertz CT molecular complexity index is 949. The van der Waals surface area contributed by atoms with Crippen LogP contribution in [0.4, 0.5) is 14.5 Å². The Hall–Kier alpha value is -2.03. The quantitative estimate of drug-likeness (QED) is 0.824. The van der Waals surface area contributed by atoms with Crippen molar-refractivity contribution < 1.29 is 22.0 Å². The van der Waals surface area contributed by atoms with Crippen molar-refractivity contribution >= 4 is 33.2 Å². The van der Waals surface area contributed by atoms with Crippen LogP contribution in [0.15, 0.2) is 41.3 Å². The molecule has 1 amide bonds. The molecule has 0 heterocycles. The van der Waals surface area contributed by atoms with Gasteiger partial charge in [-0.2, -0.15) is 4.31 Å². The number of halogens is 3. The van der Waals surface area contributed by atoms with Crippen LogP contribution in [0.2, 0.25) is 5.02 Å². The number of nitrogens with one attached hydrogen (secondary N) is 1. The number of benzene rings is 2. The molecule has 0 atom stereocenters. The van der Waals surface area contributed by atoms with E-state index in [4.69, 9.17) is 11.6 Å². The van der Waals surface area contributed by atoms with Crippen LogP contribution in [0.25, 0.3) is 0 Å². The van der Waals surface area contributed by atoms with E-state index in [0.29, 0.717) is 0 Å². The SMILES string of the molecule is CC(C)N(C)S(=O)(=O)c1ccc(Cl)c(C(=O)Nc2cc(F)ccc2F)c1. The summed E-state index contributed by atoms with van der Waals surface area (Å²) in [6.45, 7) is 3.40. The highest BCUT2D eigenvalue weighted by atomic mass is 35.5. The van der Waals surface area contributed by atoms with Crippen LogP contribution >= 0.6 is 11.6 Å². The van der Waals surface area contributed by atoms with Gasteiger partial charge in [-0.15, -0.1) is 0 Å². The molecule has 2 aromatic rings. The lowest BCUT2D eigenvalue weighted by Crippen LogP contribution is -2.33. The van der Waals surface area contributed by atoms with Gasteiger partial charge in [0.1, 0.15) is 11.6 Å². The maximum Gasteiger partial charge on any atom is 0.257 e. The molecule has 0 aliphatic heterocycles. The van der Waals surface area contributed by atoms with Crippen molar-refractivity contribution in [2.45, 2.75) is 24.8 Å². The van der Waals surface area contributed by atoms with Crippen LogP contribution in [0.3, 0.4) is 0 Å². The summed E-state index contributed by atoms with van der Waals surface area (Å²) in [5, 5.41) is 2.17. The summed E-state index contributed by atoms with van der Waals surface area (Å²) in [6, 6.07) is 5.93. The Kier molecular flexibility index (Phi) is 6.00. The van der Waals surface area contributed by atoms with Crippen molar-refractivity contribution in [2.75, 3.05) is 12.4 Å². The van der Waals surface area contributed by atoms with Gasteiger partial charge in [0.15, 0.2) is 0 Å². The molecule has 0 bridgehead atoms. The van der Waals surface area contributed by atoms with Gasteiger partial charge >= 0.3 is 0 Å². The molecule has 0 aliphatic rings. The van der Waals surface area contributed by atoms with Crippen LogP contribution in [-0.4, -0.2) is 31.7 Å². The highest BCUT2D eigenvalue weighted by molar-refractivity contribution is 7.89. The molecule has 2 aromatic carbocycles. The minimum Gasteiger partial charge on any atom is -0.319 e. The zero-order valence-corrected chi connectivity index (χ0v) is 15.8. The number of nitrogens with zero attached hydrogens (tertiary/aromatic N) is 1. The Labute approximate surface area is 155 Å². The normalized spacial score (nSPS) is 11.8. The predicted molar refractivity (Wildman–Crippen MR) is 95.8 cm³/mol. The van der Waals surface area contributed by atoms with Crippen molar-refractivity contribution in [3.05, 3.63) is 58.6 Å². The zero-order chi connectivity index (χ0) is 19.6. The number of hydrogen-bond donors (Lipinski definition) is 1. The first-order valence-corrected chi connectivity index (χ1v) is 9.40. The molecule has 0 aromatic heterocycles. The van der Waals surface area contributed by atoms with Crippen molar-refractivity contribution in [2.24, 2.45) is 0 Å². The largest absolute Gasteiger partial charge is 0.319 e. The fourth-order valence-corrected chi connectivity index (χ4v) is 3.66. The minimum absolute atomic E-state index is 0.0227. The molecule has 140 valence electrons. The summed E-state index contributed by atoms with van der Waals surface area (Å²) in [5.74, 6) is -2.43. The summed E-state index contributed by atoms with van der Waals surface area (Å²) >= 11 is 5.98. The topological polar surface area (TPSA) is 66.5 Å². The first kappa shape index (κ1) is 20.3. The smallest absolute Gasteiger partial charge is 0.257 e. The average molecular weight is 403 g/mol. The second-order valence-corrected chi connectivity index (χ2v) is 8.24. The Morgan fingerprint density at radius 2 is 1.81 bits per heavy atom. The summed E-state index contributed by atoms with van der Waals surface area (Å²) < 4.78 is 53.2. The van der Waals surface area contributed by atoms with Crippen molar-refractivity contribution in [3.63, 3.8) is 0 Å². The maximum atomic E-state index is 13.7. The van der Waals surface area contributed by atoms with E-state index in [9.17, 15) is 22.0 Å². The molecule has 9 heteroatoms. The van der Waals surface area contributed by atoms with Crippen LogP contribution in [-0.2, 0) is 10.0 Å². The fraction of sp³-hybridized carbons (Fsp3) is 0.235. The van der Waals surface area contributed by atoms with E-state index in [1.165, 1.54) is 19.2 Å². The van der Waals surface area contributed by atoms with E-state index in [1.54, 1.807) is 13.8 Å². The zero-order valence-electron chi connectivity index (χ0n) is 14.3. The Balaban J connectivity index is 2.41. The highest BCUT2D eigenvalue weighted by Gasteiger charge is 2.25. The van der Waals surface area contributed by atoms with Gasteiger partial charge in [-0.1, -0.05) is 11.6 Å². The predicted octanol–water partition coefficient (Wildman–Crippen LogP) is 3.90. The summed E-state index contributed by atoms with van der Waals surface area (Å²) in [5.41, 5.74) is -0.549. The van der Waals surface area contributed by atoms with Gasteiger partial charge in [-0.3, -0.25) is 4.79 Å². The van der Waals surface area contributed by atoms with E-state index in [1.807, 2.05) is 0 Å². The van der Waals surface area contributed by atoms with Crippen LogP contribution in [0.1, 0.15) is 24.2 Å². The maximum absolute atomic E-state index is 13.7. The molecule has 0 spiro atoms. The van der Waals surface area contributed by atoms with E-state index in [0.717, 1.165) is 28.6 Å². The van der Waals surface area contributed by atoms with Gasteiger partial charge in [-0.05, 0) is 44.2 Å². The van der Waals surface area contributed by atoms with E-state index in [-0.39, 0.29) is 27.2 Å². The highest BCUT2D eigenvalue weighted by Crippen LogP contribution is 2.25. The Morgan fingerprint density at radius 1 is 1.15 bits per heavy atom. The number of carbonyl (C=O) groups excluding carboxylic acids is 1. The minimum atomic E-state index is -3.84. The Morgan fingerprint density at radius 3 is 2.42 bits per heavy atom. The van der Waals surface area contributed by atoms with Gasteiger partial charge in [-0.25, -0.2) is 17.2 Å². The van der Waals surface area contributed by atoms with Crippen molar-refractivity contribution in [3.8, 4) is 0 Å². The standard InChI is InChI=1S/C17H17ClF2N2O3S/c1-10(2)22(3)26(24,25)12-5-6-14(18)13(9-12)17(23)21-16-8-11(19)4-7-15(16)20/h4-10H,1-3H3,(H,21,23). The summed E-state index contributed by atoms with van der Waals surface area (Å²) in [7, 11) is -2.42. The molecular formula is C17H17ClF2N2O3S. The molecule has 0 saturated heterocycles. The van der Waals surface area contributed by atoms with E-state index >= 15 is 0 Å². The van der Waals surface area contributed by atoms with E-state index in [2.05, 4.69) is 5.32 Å². The molecule has 0 fully saturated rings. The second-order valence-electron chi connectivity index (χ2n) is 5.83. The lowest BCUT2D eigenvalue weighted by atomic mass is 10.2. The lowest BCUT2D eigenvalue weighted by molar-refractivity contribution is 0.102. The lowest BCUT2D eigenvalue weighted by Gasteiger charge is -2.21. The third-order valence-corrected chi connectivity index (χ3v) is 6.12. The number of amides is 1. The number of hydrogen-bond acceptors (Lipinski definition) is 3. The molecule has 0 saturated carbocycles. The monoisotopic (exact) mass is 402 g/mol. The van der Waals surface area contributed by atoms with Gasteiger partial charge in [0, 0.05) is 19.2 Å². The number of anilines is 1. The molecule has 0 radical (unpaired) electrons. The van der Waals surface area contributed by atoms with E-state index < -0.39 is 27.6 Å². The molecule has 0 aliphatic carbocycles. The summed E-state index contributed by atoms with van der Waals surface area (Å²) in [6.07, 6.45) is 0. The first-order valence-electron chi connectivity index (χ1n) is 7.58. The third kappa shape index (κ3) is 4.20.